The third-order valence-corrected chi connectivity index (χ3v) is 2.59. The van der Waals surface area contributed by atoms with Crippen LogP contribution in [0, 0.1) is 3.57 Å². The zero-order valence-corrected chi connectivity index (χ0v) is 11.1. The van der Waals surface area contributed by atoms with E-state index in [0.29, 0.717) is 0 Å². The van der Waals surface area contributed by atoms with E-state index in [1.165, 1.54) is 9.13 Å². The van der Waals surface area contributed by atoms with E-state index in [4.69, 9.17) is 5.73 Å². The third-order valence-electron chi connectivity index (χ3n) is 1.87. The fraction of sp³-hybridized carbons (Fsp3) is 0.273. The summed E-state index contributed by atoms with van der Waals surface area (Å²) in [6.45, 7) is 5.86. The quantitative estimate of drug-likeness (QED) is 0.666. The van der Waals surface area contributed by atoms with Crippen molar-refractivity contribution in [2.45, 2.75) is 19.4 Å². The molecule has 1 aromatic rings. The molecule has 0 aliphatic rings. The number of hydrogen-bond acceptors (Lipinski definition) is 1. The van der Waals surface area contributed by atoms with E-state index in [-0.39, 0.29) is 18.4 Å². The normalized spacial score (nSPS) is 11.6. The van der Waals surface area contributed by atoms with Gasteiger partial charge < -0.3 is 5.73 Å². The molecule has 0 radical (unpaired) electrons. The molecule has 78 valence electrons. The Bertz CT molecular complexity index is 295. The molecule has 0 amide bonds. The summed E-state index contributed by atoms with van der Waals surface area (Å²) in [5.41, 5.74) is 8.30. The Morgan fingerprint density at radius 3 is 2.36 bits per heavy atom. The number of hydrogen-bond donors (Lipinski definition) is 1. The number of benzene rings is 1. The van der Waals surface area contributed by atoms with Crippen molar-refractivity contribution >= 4 is 35.0 Å². The molecule has 1 rings (SSSR count). The van der Waals surface area contributed by atoms with Crippen LogP contribution >= 0.6 is 35.0 Å². The Balaban J connectivity index is 0.00000169. The second-order valence-electron chi connectivity index (χ2n) is 3.32. The van der Waals surface area contributed by atoms with Gasteiger partial charge in [-0.05, 0) is 53.6 Å². The number of nitrogens with two attached hydrogens (primary N) is 1. The maximum absolute atomic E-state index is 5.98. The van der Waals surface area contributed by atoms with E-state index < -0.39 is 0 Å². The fourth-order valence-corrected chi connectivity index (χ4v) is 1.56. The van der Waals surface area contributed by atoms with Crippen molar-refractivity contribution in [3.05, 3.63) is 45.6 Å². The molecule has 0 bridgehead atoms. The van der Waals surface area contributed by atoms with Gasteiger partial charge in [0.2, 0.25) is 0 Å². The topological polar surface area (TPSA) is 26.0 Å². The summed E-state index contributed by atoms with van der Waals surface area (Å²) in [5.74, 6) is 0. The third kappa shape index (κ3) is 4.44. The first-order valence-corrected chi connectivity index (χ1v) is 5.33. The minimum absolute atomic E-state index is 0. The van der Waals surface area contributed by atoms with E-state index in [0.717, 1.165) is 12.0 Å². The van der Waals surface area contributed by atoms with Crippen LogP contribution in [0.2, 0.25) is 0 Å². The van der Waals surface area contributed by atoms with Crippen LogP contribution in [0.25, 0.3) is 0 Å². The van der Waals surface area contributed by atoms with Crippen LogP contribution in [0.1, 0.15) is 24.9 Å². The van der Waals surface area contributed by atoms with Crippen LogP contribution in [0.4, 0.5) is 0 Å². The highest BCUT2D eigenvalue weighted by molar-refractivity contribution is 14.1. The highest BCUT2D eigenvalue weighted by Gasteiger charge is 2.04. The average Bonchev–Trinajstić information content (AvgIpc) is 2.04. The summed E-state index contributed by atoms with van der Waals surface area (Å²) in [6, 6.07) is 8.40. The lowest BCUT2D eigenvalue weighted by molar-refractivity contribution is 0.717. The van der Waals surface area contributed by atoms with E-state index >= 15 is 0 Å². The first kappa shape index (κ1) is 13.9. The zero-order chi connectivity index (χ0) is 9.84. The predicted molar refractivity (Wildman–Crippen MR) is 72.8 cm³/mol. The molecule has 0 saturated heterocycles. The highest BCUT2D eigenvalue weighted by Crippen LogP contribution is 2.18. The number of rotatable bonds is 3. The largest absolute Gasteiger partial charge is 0.324 e. The molecule has 1 aromatic carbocycles. The molecule has 3 heteroatoms. The predicted octanol–water partition coefficient (Wildman–Crippen LogP) is 3.68. The van der Waals surface area contributed by atoms with Gasteiger partial charge in [-0.15, -0.1) is 19.0 Å². The minimum Gasteiger partial charge on any atom is -0.324 e. The molecular weight excluding hydrogens is 308 g/mol. The van der Waals surface area contributed by atoms with Gasteiger partial charge in [0, 0.05) is 9.61 Å². The molecule has 0 aliphatic carbocycles. The highest BCUT2D eigenvalue weighted by atomic mass is 127. The molecule has 1 nitrogen and oxygen atoms in total. The van der Waals surface area contributed by atoms with E-state index in [1.807, 2.05) is 6.92 Å². The van der Waals surface area contributed by atoms with Gasteiger partial charge in [0.25, 0.3) is 0 Å². The summed E-state index contributed by atoms with van der Waals surface area (Å²) >= 11 is 2.29. The van der Waals surface area contributed by atoms with Crippen LogP contribution in [-0.2, 0) is 0 Å². The number of halogens is 2. The summed E-state index contributed by atoms with van der Waals surface area (Å²) in [7, 11) is 0. The zero-order valence-electron chi connectivity index (χ0n) is 8.16. The van der Waals surface area contributed by atoms with Crippen molar-refractivity contribution in [2.75, 3.05) is 0 Å². The van der Waals surface area contributed by atoms with Crippen molar-refractivity contribution in [1.82, 2.24) is 0 Å². The maximum Gasteiger partial charge on any atom is 0.0332 e. The lowest BCUT2D eigenvalue weighted by Gasteiger charge is -2.11. The van der Waals surface area contributed by atoms with Gasteiger partial charge in [-0.2, -0.15) is 0 Å². The van der Waals surface area contributed by atoms with Gasteiger partial charge >= 0.3 is 0 Å². The van der Waals surface area contributed by atoms with Crippen molar-refractivity contribution in [2.24, 2.45) is 5.73 Å². The van der Waals surface area contributed by atoms with Crippen molar-refractivity contribution in [1.29, 1.82) is 0 Å². The van der Waals surface area contributed by atoms with Crippen LogP contribution in [0.3, 0.4) is 0 Å². The lowest BCUT2D eigenvalue weighted by Crippen LogP contribution is -2.10. The Morgan fingerprint density at radius 1 is 1.43 bits per heavy atom. The molecule has 14 heavy (non-hydrogen) atoms. The molecule has 2 N–H and O–H groups in total. The smallest absolute Gasteiger partial charge is 0.0332 e. The molecule has 0 fully saturated rings. The van der Waals surface area contributed by atoms with Gasteiger partial charge in [0.05, 0.1) is 0 Å². The molecule has 1 atom stereocenters. The second kappa shape index (κ2) is 6.43. The van der Waals surface area contributed by atoms with E-state index in [1.54, 1.807) is 0 Å². The van der Waals surface area contributed by atoms with Crippen LogP contribution in [0.5, 0.6) is 0 Å². The summed E-state index contributed by atoms with van der Waals surface area (Å²) in [4.78, 5) is 0. The van der Waals surface area contributed by atoms with Gasteiger partial charge in [-0.1, -0.05) is 17.7 Å². The summed E-state index contributed by atoms with van der Waals surface area (Å²) < 4.78 is 1.24. The van der Waals surface area contributed by atoms with Gasteiger partial charge in [0.1, 0.15) is 0 Å². The average molecular weight is 324 g/mol. The molecule has 0 heterocycles. The fourth-order valence-electron chi connectivity index (χ4n) is 1.20. The SMILES string of the molecule is C=C(C)C[C@@H](N)c1ccc(I)cc1.Cl. The van der Waals surface area contributed by atoms with E-state index in [9.17, 15) is 0 Å². The maximum atomic E-state index is 5.98. The summed E-state index contributed by atoms with van der Waals surface area (Å²) in [6.07, 6.45) is 0.862. The first-order valence-electron chi connectivity index (χ1n) is 4.25. The molecular formula is C11H15ClIN. The van der Waals surface area contributed by atoms with Crippen LogP contribution in [0.15, 0.2) is 36.4 Å². The van der Waals surface area contributed by atoms with Gasteiger partial charge in [-0.25, -0.2) is 0 Å². The Morgan fingerprint density at radius 2 is 1.93 bits per heavy atom. The van der Waals surface area contributed by atoms with Crippen molar-refractivity contribution in [3.8, 4) is 0 Å². The lowest BCUT2D eigenvalue weighted by atomic mass is 10.0. The Hall–Kier alpha value is -0.0600. The molecule has 0 aliphatic heterocycles. The van der Waals surface area contributed by atoms with Crippen molar-refractivity contribution < 1.29 is 0 Å². The standard InChI is InChI=1S/C11H14IN.ClH/c1-8(2)7-11(13)9-3-5-10(12)6-4-9;/h3-6,11H,1,7,13H2,2H3;1H/t11-;/m1./s1. The van der Waals surface area contributed by atoms with Crippen LogP contribution in [-0.4, -0.2) is 0 Å². The van der Waals surface area contributed by atoms with Crippen LogP contribution < -0.4 is 5.73 Å². The van der Waals surface area contributed by atoms with Gasteiger partial charge in [-0.3, -0.25) is 0 Å². The van der Waals surface area contributed by atoms with Crippen molar-refractivity contribution in [3.63, 3.8) is 0 Å². The Labute approximate surface area is 105 Å². The van der Waals surface area contributed by atoms with Gasteiger partial charge in [0.15, 0.2) is 0 Å². The minimum atomic E-state index is 0. The molecule has 0 saturated carbocycles. The molecule has 0 spiro atoms. The Kier molecular flexibility index (Phi) is 6.40. The molecule has 0 unspecified atom stereocenters. The summed E-state index contributed by atoms with van der Waals surface area (Å²) in [5, 5.41) is 0. The molecule has 0 aromatic heterocycles. The second-order valence-corrected chi connectivity index (χ2v) is 4.56. The van der Waals surface area contributed by atoms with E-state index in [2.05, 4.69) is 53.4 Å². The monoisotopic (exact) mass is 323 g/mol. The first-order chi connectivity index (χ1) is 6.09.